The summed E-state index contributed by atoms with van der Waals surface area (Å²) in [6.07, 6.45) is 3.75. The number of hydrogen-bond donors (Lipinski definition) is 1. The van der Waals surface area contributed by atoms with E-state index in [1.165, 1.54) is 11.1 Å². The molecule has 4 heteroatoms. The normalized spacial score (nSPS) is 18.2. The average molecular weight is 296 g/mol. The summed E-state index contributed by atoms with van der Waals surface area (Å²) >= 11 is 0. The summed E-state index contributed by atoms with van der Waals surface area (Å²) in [5.41, 5.74) is 8.62. The van der Waals surface area contributed by atoms with E-state index in [1.54, 1.807) is 0 Å². The summed E-state index contributed by atoms with van der Waals surface area (Å²) in [6, 6.07) is 15.1. The van der Waals surface area contributed by atoms with Gasteiger partial charge in [-0.25, -0.2) is 0 Å². The first-order valence-electron chi connectivity index (χ1n) is 7.97. The highest BCUT2D eigenvalue weighted by molar-refractivity contribution is 5.16. The van der Waals surface area contributed by atoms with Gasteiger partial charge in [0.05, 0.1) is 0 Å². The number of benzene rings is 1. The van der Waals surface area contributed by atoms with Crippen LogP contribution in [0, 0.1) is 0 Å². The molecule has 1 atom stereocenters. The van der Waals surface area contributed by atoms with Crippen LogP contribution in [0.25, 0.3) is 0 Å². The van der Waals surface area contributed by atoms with Crippen LogP contribution >= 0.6 is 0 Å². The van der Waals surface area contributed by atoms with Crippen molar-refractivity contribution < 1.29 is 0 Å². The first-order chi connectivity index (χ1) is 10.9. The Bertz CT molecular complexity index is 550. The number of pyridine rings is 1. The van der Waals surface area contributed by atoms with E-state index in [-0.39, 0.29) is 6.04 Å². The Labute approximate surface area is 132 Å². The molecule has 4 nitrogen and oxygen atoms in total. The molecule has 1 aliphatic heterocycles. The third kappa shape index (κ3) is 3.71. The lowest BCUT2D eigenvalue weighted by atomic mass is 10.1. The zero-order valence-corrected chi connectivity index (χ0v) is 12.9. The van der Waals surface area contributed by atoms with Crippen molar-refractivity contribution >= 4 is 0 Å². The van der Waals surface area contributed by atoms with E-state index in [2.05, 4.69) is 51.2 Å². The van der Waals surface area contributed by atoms with Gasteiger partial charge in [-0.1, -0.05) is 36.4 Å². The minimum Gasteiger partial charge on any atom is -0.329 e. The van der Waals surface area contributed by atoms with Crippen LogP contribution in [0.3, 0.4) is 0 Å². The molecule has 1 aliphatic rings. The van der Waals surface area contributed by atoms with Crippen LogP contribution < -0.4 is 5.73 Å². The number of aromatic nitrogens is 1. The molecule has 0 saturated carbocycles. The lowest BCUT2D eigenvalue weighted by molar-refractivity contribution is 0.0940. The van der Waals surface area contributed by atoms with Crippen molar-refractivity contribution in [1.29, 1.82) is 0 Å². The molecule has 116 valence electrons. The van der Waals surface area contributed by atoms with E-state index in [1.807, 2.05) is 18.5 Å². The fourth-order valence-corrected chi connectivity index (χ4v) is 3.14. The van der Waals surface area contributed by atoms with Gasteiger partial charge in [0.15, 0.2) is 0 Å². The molecule has 2 heterocycles. The summed E-state index contributed by atoms with van der Waals surface area (Å²) in [7, 11) is 0. The Hall–Kier alpha value is -1.75. The van der Waals surface area contributed by atoms with Gasteiger partial charge in [0.25, 0.3) is 0 Å². The maximum atomic E-state index is 6.01. The topological polar surface area (TPSA) is 45.4 Å². The minimum absolute atomic E-state index is 0.285. The van der Waals surface area contributed by atoms with Gasteiger partial charge < -0.3 is 5.73 Å². The SMILES string of the molecule is NCC(c1cccnc1)N1CCN(Cc2ccccc2)CC1. The predicted octanol–water partition coefficient (Wildman–Crippen LogP) is 1.90. The molecule has 3 rings (SSSR count). The van der Waals surface area contributed by atoms with Crippen molar-refractivity contribution in [2.24, 2.45) is 5.73 Å². The monoisotopic (exact) mass is 296 g/mol. The molecule has 0 aliphatic carbocycles. The molecule has 0 radical (unpaired) electrons. The molecule has 1 fully saturated rings. The second-order valence-corrected chi connectivity index (χ2v) is 5.84. The summed E-state index contributed by atoms with van der Waals surface area (Å²) in [6.45, 7) is 5.98. The van der Waals surface area contributed by atoms with Crippen molar-refractivity contribution in [2.45, 2.75) is 12.6 Å². The zero-order valence-electron chi connectivity index (χ0n) is 12.9. The fraction of sp³-hybridized carbons (Fsp3) is 0.389. The fourth-order valence-electron chi connectivity index (χ4n) is 3.14. The Morgan fingerprint density at radius 3 is 2.41 bits per heavy atom. The summed E-state index contributed by atoms with van der Waals surface area (Å²) in [4.78, 5) is 9.23. The molecular weight excluding hydrogens is 272 g/mol. The van der Waals surface area contributed by atoms with E-state index in [0.717, 1.165) is 32.7 Å². The van der Waals surface area contributed by atoms with Gasteiger partial charge in [0, 0.05) is 57.7 Å². The first-order valence-corrected chi connectivity index (χ1v) is 7.97. The van der Waals surface area contributed by atoms with Crippen LogP contribution in [0.1, 0.15) is 17.2 Å². The van der Waals surface area contributed by atoms with Gasteiger partial charge in [-0.3, -0.25) is 14.8 Å². The van der Waals surface area contributed by atoms with Gasteiger partial charge in [0.2, 0.25) is 0 Å². The van der Waals surface area contributed by atoms with E-state index in [4.69, 9.17) is 5.73 Å². The molecule has 1 aromatic heterocycles. The first kappa shape index (κ1) is 15.2. The lowest BCUT2D eigenvalue weighted by Gasteiger charge is -2.39. The Morgan fingerprint density at radius 2 is 1.77 bits per heavy atom. The Kier molecular flexibility index (Phi) is 5.16. The van der Waals surface area contributed by atoms with E-state index in [9.17, 15) is 0 Å². The molecular formula is C18H24N4. The minimum atomic E-state index is 0.285. The zero-order chi connectivity index (χ0) is 15.2. The molecule has 0 spiro atoms. The van der Waals surface area contributed by atoms with Crippen molar-refractivity contribution in [3.05, 3.63) is 66.0 Å². The van der Waals surface area contributed by atoms with Crippen LogP contribution in [0.15, 0.2) is 54.9 Å². The second kappa shape index (κ2) is 7.49. The van der Waals surface area contributed by atoms with Crippen LogP contribution in [0.4, 0.5) is 0 Å². The molecule has 22 heavy (non-hydrogen) atoms. The third-order valence-electron chi connectivity index (χ3n) is 4.39. The standard InChI is InChI=1S/C18H24N4/c19-13-18(17-7-4-8-20-14-17)22-11-9-21(10-12-22)15-16-5-2-1-3-6-16/h1-8,14,18H,9-13,15,19H2. The van der Waals surface area contributed by atoms with Crippen LogP contribution in [0.2, 0.25) is 0 Å². The maximum absolute atomic E-state index is 6.01. The number of nitrogens with two attached hydrogens (primary N) is 1. The number of rotatable bonds is 5. The average Bonchev–Trinajstić information content (AvgIpc) is 2.59. The highest BCUT2D eigenvalue weighted by Crippen LogP contribution is 2.20. The van der Waals surface area contributed by atoms with Crippen molar-refractivity contribution in [3.8, 4) is 0 Å². The maximum Gasteiger partial charge on any atom is 0.0486 e. The molecule has 1 aromatic carbocycles. The highest BCUT2D eigenvalue weighted by Gasteiger charge is 2.24. The lowest BCUT2D eigenvalue weighted by Crippen LogP contribution is -2.48. The third-order valence-corrected chi connectivity index (χ3v) is 4.39. The van der Waals surface area contributed by atoms with Gasteiger partial charge in [0.1, 0.15) is 0 Å². The van der Waals surface area contributed by atoms with Crippen LogP contribution in [-0.2, 0) is 6.54 Å². The van der Waals surface area contributed by atoms with Crippen LogP contribution in [-0.4, -0.2) is 47.5 Å². The largest absolute Gasteiger partial charge is 0.329 e. The smallest absolute Gasteiger partial charge is 0.0486 e. The molecule has 0 bridgehead atoms. The molecule has 0 amide bonds. The molecule has 1 saturated heterocycles. The Balaban J connectivity index is 1.57. The van der Waals surface area contributed by atoms with Gasteiger partial charge in [-0.05, 0) is 17.2 Å². The van der Waals surface area contributed by atoms with E-state index >= 15 is 0 Å². The number of piperazine rings is 1. The summed E-state index contributed by atoms with van der Waals surface area (Å²) in [5.74, 6) is 0. The second-order valence-electron chi connectivity index (χ2n) is 5.84. The summed E-state index contributed by atoms with van der Waals surface area (Å²) < 4.78 is 0. The predicted molar refractivity (Wildman–Crippen MR) is 89.3 cm³/mol. The van der Waals surface area contributed by atoms with Crippen molar-refractivity contribution in [3.63, 3.8) is 0 Å². The Morgan fingerprint density at radius 1 is 1.00 bits per heavy atom. The molecule has 1 unspecified atom stereocenters. The van der Waals surface area contributed by atoms with E-state index < -0.39 is 0 Å². The highest BCUT2D eigenvalue weighted by atomic mass is 15.3. The van der Waals surface area contributed by atoms with Gasteiger partial charge in [-0.15, -0.1) is 0 Å². The quantitative estimate of drug-likeness (QED) is 0.915. The molecule has 2 aromatic rings. The van der Waals surface area contributed by atoms with Gasteiger partial charge in [-0.2, -0.15) is 0 Å². The van der Waals surface area contributed by atoms with Crippen molar-refractivity contribution in [1.82, 2.24) is 14.8 Å². The molecule has 2 N–H and O–H groups in total. The van der Waals surface area contributed by atoms with Gasteiger partial charge >= 0.3 is 0 Å². The van der Waals surface area contributed by atoms with Crippen molar-refractivity contribution in [2.75, 3.05) is 32.7 Å². The van der Waals surface area contributed by atoms with Crippen LogP contribution in [0.5, 0.6) is 0 Å². The van der Waals surface area contributed by atoms with E-state index in [0.29, 0.717) is 6.54 Å². The summed E-state index contributed by atoms with van der Waals surface area (Å²) in [5, 5.41) is 0. The number of hydrogen-bond acceptors (Lipinski definition) is 4. The number of nitrogens with zero attached hydrogens (tertiary/aromatic N) is 3.